The monoisotopic (exact) mass is 277 g/mol. The molecule has 0 unspecified atom stereocenters. The van der Waals surface area contributed by atoms with Gasteiger partial charge in [0.1, 0.15) is 11.4 Å². The normalized spacial score (nSPS) is 10.2. The lowest BCUT2D eigenvalue weighted by molar-refractivity contribution is 0.0679. The van der Waals surface area contributed by atoms with Gasteiger partial charge in [-0.3, -0.25) is 0 Å². The molecule has 8 nitrogen and oxygen atoms in total. The Labute approximate surface area is 113 Å². The molecule has 2 rings (SSSR count). The van der Waals surface area contributed by atoms with E-state index in [4.69, 9.17) is 20.7 Å². The first-order valence-electron chi connectivity index (χ1n) is 5.45. The summed E-state index contributed by atoms with van der Waals surface area (Å²) in [5.41, 5.74) is 4.61. The van der Waals surface area contributed by atoms with Crippen molar-refractivity contribution in [3.8, 4) is 11.4 Å². The highest BCUT2D eigenvalue weighted by atomic mass is 16.5. The molecule has 0 bridgehead atoms. The van der Waals surface area contributed by atoms with Crippen LogP contribution in [-0.4, -0.2) is 39.0 Å². The van der Waals surface area contributed by atoms with Gasteiger partial charge >= 0.3 is 11.9 Å². The molecule has 8 heteroatoms. The molecule has 1 aromatic carbocycles. The minimum Gasteiger partial charge on any atom is -0.497 e. The van der Waals surface area contributed by atoms with Gasteiger partial charge in [0, 0.05) is 0 Å². The number of aromatic carboxylic acids is 2. The van der Waals surface area contributed by atoms with Crippen LogP contribution in [-0.2, 0) is 0 Å². The van der Waals surface area contributed by atoms with E-state index in [2.05, 4.69) is 5.10 Å². The Hall–Kier alpha value is -3.03. The molecule has 104 valence electrons. The number of aromatic nitrogens is 2. The van der Waals surface area contributed by atoms with Gasteiger partial charge in [-0.2, -0.15) is 5.10 Å². The number of rotatable bonds is 4. The molecule has 0 aliphatic carbocycles. The van der Waals surface area contributed by atoms with Crippen molar-refractivity contribution in [1.29, 1.82) is 0 Å². The van der Waals surface area contributed by atoms with Gasteiger partial charge in [0.05, 0.1) is 12.8 Å². The lowest BCUT2D eigenvalue weighted by atomic mass is 10.2. The summed E-state index contributed by atoms with van der Waals surface area (Å²) in [5, 5.41) is 21.8. The largest absolute Gasteiger partial charge is 0.497 e. The van der Waals surface area contributed by atoms with E-state index in [-0.39, 0.29) is 5.69 Å². The van der Waals surface area contributed by atoms with Crippen LogP contribution in [0.25, 0.3) is 5.69 Å². The van der Waals surface area contributed by atoms with Crippen molar-refractivity contribution >= 4 is 17.6 Å². The molecule has 4 N–H and O–H groups in total. The fraction of sp³-hybridized carbons (Fsp3) is 0.0833. The Morgan fingerprint density at radius 2 is 1.80 bits per heavy atom. The minimum atomic E-state index is -1.39. The molecule has 0 atom stereocenters. The molecule has 1 aromatic heterocycles. The van der Waals surface area contributed by atoms with Crippen molar-refractivity contribution in [3.05, 3.63) is 35.7 Å². The third-order valence-corrected chi connectivity index (χ3v) is 2.64. The topological polar surface area (TPSA) is 128 Å². The van der Waals surface area contributed by atoms with Crippen LogP contribution in [0.5, 0.6) is 5.75 Å². The number of carbonyl (C=O) groups is 2. The Balaban J connectivity index is 2.62. The fourth-order valence-corrected chi connectivity index (χ4v) is 1.70. The van der Waals surface area contributed by atoms with Crippen LogP contribution in [0.1, 0.15) is 21.0 Å². The Morgan fingerprint density at radius 3 is 2.25 bits per heavy atom. The SMILES string of the molecule is COc1ccc(-n2nc(C(=O)O)c(N)c2C(=O)O)cc1. The Morgan fingerprint density at radius 1 is 1.20 bits per heavy atom. The highest BCUT2D eigenvalue weighted by molar-refractivity contribution is 6.00. The minimum absolute atomic E-state index is 0.363. The molecule has 0 aliphatic heterocycles. The lowest BCUT2D eigenvalue weighted by Gasteiger charge is -2.05. The maximum absolute atomic E-state index is 11.2. The number of hydrogen-bond acceptors (Lipinski definition) is 5. The van der Waals surface area contributed by atoms with E-state index in [1.54, 1.807) is 24.3 Å². The van der Waals surface area contributed by atoms with Gasteiger partial charge in [-0.05, 0) is 24.3 Å². The van der Waals surface area contributed by atoms with Crippen molar-refractivity contribution in [1.82, 2.24) is 9.78 Å². The second kappa shape index (κ2) is 4.92. The number of nitrogens with two attached hydrogens (primary N) is 1. The summed E-state index contributed by atoms with van der Waals surface area (Å²) >= 11 is 0. The zero-order chi connectivity index (χ0) is 14.9. The van der Waals surface area contributed by atoms with E-state index in [9.17, 15) is 9.59 Å². The number of hydrogen-bond donors (Lipinski definition) is 3. The molecule has 0 amide bonds. The number of methoxy groups -OCH3 is 1. The van der Waals surface area contributed by atoms with E-state index in [0.29, 0.717) is 11.4 Å². The van der Waals surface area contributed by atoms with E-state index in [1.807, 2.05) is 0 Å². The van der Waals surface area contributed by atoms with Crippen molar-refractivity contribution in [2.75, 3.05) is 12.8 Å². The van der Waals surface area contributed by atoms with Gasteiger partial charge < -0.3 is 20.7 Å². The van der Waals surface area contributed by atoms with E-state index < -0.39 is 23.3 Å². The predicted molar refractivity (Wildman–Crippen MR) is 68.4 cm³/mol. The standard InChI is InChI=1S/C12H11N3O5/c1-20-7-4-2-6(3-5-7)15-10(12(18)19)8(13)9(14-15)11(16)17/h2-5H,13H2,1H3,(H,16,17)(H,18,19). The Bertz CT molecular complexity index is 675. The molecular weight excluding hydrogens is 266 g/mol. The van der Waals surface area contributed by atoms with Gasteiger partial charge in [-0.15, -0.1) is 0 Å². The number of anilines is 1. The van der Waals surface area contributed by atoms with Crippen molar-refractivity contribution in [3.63, 3.8) is 0 Å². The highest BCUT2D eigenvalue weighted by Gasteiger charge is 2.25. The van der Waals surface area contributed by atoms with Crippen molar-refractivity contribution in [2.45, 2.75) is 0 Å². The molecule has 0 saturated carbocycles. The maximum Gasteiger partial charge on any atom is 0.358 e. The Kier molecular flexibility index (Phi) is 3.30. The summed E-state index contributed by atoms with van der Waals surface area (Å²) in [6.07, 6.45) is 0. The molecule has 0 fully saturated rings. The number of benzene rings is 1. The van der Waals surface area contributed by atoms with Crippen LogP contribution in [0.3, 0.4) is 0 Å². The molecule has 0 spiro atoms. The quantitative estimate of drug-likeness (QED) is 0.756. The number of ether oxygens (including phenoxy) is 1. The number of nitrogen functional groups attached to an aromatic ring is 1. The summed E-state index contributed by atoms with van der Waals surface area (Å²) in [6, 6.07) is 6.28. The first-order valence-corrected chi connectivity index (χ1v) is 5.45. The van der Waals surface area contributed by atoms with Gasteiger partial charge in [-0.25, -0.2) is 14.3 Å². The van der Waals surface area contributed by atoms with Crippen LogP contribution < -0.4 is 10.5 Å². The van der Waals surface area contributed by atoms with Crippen LogP contribution >= 0.6 is 0 Å². The molecule has 0 saturated heterocycles. The second-order valence-corrected chi connectivity index (χ2v) is 3.83. The van der Waals surface area contributed by atoms with Gasteiger partial charge in [-0.1, -0.05) is 0 Å². The number of nitrogens with zero attached hydrogens (tertiary/aromatic N) is 2. The van der Waals surface area contributed by atoms with Crippen LogP contribution in [0.4, 0.5) is 5.69 Å². The number of carboxylic acid groups (broad SMARTS) is 2. The first-order chi connectivity index (χ1) is 9.45. The molecule has 1 heterocycles. The summed E-state index contributed by atoms with van der Waals surface area (Å²) in [6.45, 7) is 0. The average molecular weight is 277 g/mol. The molecule has 20 heavy (non-hydrogen) atoms. The fourth-order valence-electron chi connectivity index (χ4n) is 1.70. The van der Waals surface area contributed by atoms with Crippen LogP contribution in [0, 0.1) is 0 Å². The van der Waals surface area contributed by atoms with Crippen LogP contribution in [0.2, 0.25) is 0 Å². The van der Waals surface area contributed by atoms with Crippen LogP contribution in [0.15, 0.2) is 24.3 Å². The maximum atomic E-state index is 11.2. The molecule has 0 aliphatic rings. The molecule has 2 aromatic rings. The van der Waals surface area contributed by atoms with E-state index in [0.717, 1.165) is 4.68 Å². The van der Waals surface area contributed by atoms with Crippen molar-refractivity contribution < 1.29 is 24.5 Å². The first kappa shape index (κ1) is 13.4. The molecular formula is C12H11N3O5. The van der Waals surface area contributed by atoms with E-state index >= 15 is 0 Å². The highest BCUT2D eigenvalue weighted by Crippen LogP contribution is 2.22. The third-order valence-electron chi connectivity index (χ3n) is 2.64. The second-order valence-electron chi connectivity index (χ2n) is 3.83. The van der Waals surface area contributed by atoms with Crippen molar-refractivity contribution in [2.24, 2.45) is 0 Å². The molecule has 0 radical (unpaired) electrons. The van der Waals surface area contributed by atoms with Gasteiger partial charge in [0.25, 0.3) is 0 Å². The smallest absolute Gasteiger partial charge is 0.358 e. The summed E-state index contributed by atoms with van der Waals surface area (Å²) < 4.78 is 5.96. The third kappa shape index (κ3) is 2.14. The lowest BCUT2D eigenvalue weighted by Crippen LogP contribution is -2.09. The summed E-state index contributed by atoms with van der Waals surface area (Å²) in [7, 11) is 1.49. The predicted octanol–water partition coefficient (Wildman–Crippen LogP) is 0.859. The van der Waals surface area contributed by atoms with E-state index in [1.165, 1.54) is 7.11 Å². The summed E-state index contributed by atoms with van der Waals surface area (Å²) in [5.74, 6) is -2.18. The number of carboxylic acids is 2. The average Bonchev–Trinajstić information content (AvgIpc) is 2.76. The van der Waals surface area contributed by atoms with Gasteiger partial charge in [0.15, 0.2) is 11.4 Å². The summed E-state index contributed by atoms with van der Waals surface area (Å²) in [4.78, 5) is 22.2. The van der Waals surface area contributed by atoms with Gasteiger partial charge in [0.2, 0.25) is 0 Å². The zero-order valence-electron chi connectivity index (χ0n) is 10.4. The zero-order valence-corrected chi connectivity index (χ0v) is 10.4.